The molecule has 4 rings (SSSR count). The third-order valence-corrected chi connectivity index (χ3v) is 8.36. The molecule has 16 nitrogen and oxygen atoms in total. The van der Waals surface area contributed by atoms with Crippen LogP contribution in [0.15, 0.2) is 105 Å². The van der Waals surface area contributed by atoms with Crippen molar-refractivity contribution in [3.05, 3.63) is 107 Å². The molecule has 0 spiro atoms. The molecule has 1 aliphatic carbocycles. The number of hydrogen-bond acceptors (Lipinski definition) is 12. The van der Waals surface area contributed by atoms with Gasteiger partial charge in [-0.2, -0.15) is 16.8 Å². The van der Waals surface area contributed by atoms with E-state index in [-0.39, 0.29) is 23.1 Å². The number of carbonyl (C=O) groups is 4. The number of aromatic carboxylic acids is 3. The Labute approximate surface area is 283 Å². The Morgan fingerprint density at radius 1 is 0.667 bits per heavy atom. The zero-order valence-electron chi connectivity index (χ0n) is 23.8. The highest BCUT2D eigenvalue weighted by Gasteiger charge is 2.40. The van der Waals surface area contributed by atoms with Crippen LogP contribution in [0.4, 0.5) is 0 Å². The normalized spacial score (nSPS) is 15.1. The van der Waals surface area contributed by atoms with Gasteiger partial charge in [-0.1, -0.05) is 36.4 Å². The smallest absolute Gasteiger partial charge is 0.339 e. The molecule has 3 aromatic carbocycles. The molecule has 0 saturated heterocycles. The number of hydrogen-bond donors (Lipinski definition) is 10. The Hall–Kier alpha value is -4.70. The number of thiol groups is 2. The Kier molecular flexibility index (Phi) is 15.0. The highest BCUT2D eigenvalue weighted by molar-refractivity contribution is 7.87. The summed E-state index contributed by atoms with van der Waals surface area (Å²) in [6, 6.07) is 15.6. The molecule has 0 radical (unpaired) electrons. The molecule has 8 N–H and O–H groups in total. The summed E-state index contributed by atoms with van der Waals surface area (Å²) in [6.45, 7) is 0. The van der Waals surface area contributed by atoms with Gasteiger partial charge in [-0.15, -0.1) is 25.3 Å². The zero-order valence-corrected chi connectivity index (χ0v) is 27.3. The molecular formula is C28H26O16S4. The predicted octanol–water partition coefficient (Wildman–Crippen LogP) is 3.22. The lowest BCUT2D eigenvalue weighted by molar-refractivity contribution is -0.132. The van der Waals surface area contributed by atoms with E-state index in [0.29, 0.717) is 21.9 Å². The minimum Gasteiger partial charge on any atom is -0.507 e. The van der Waals surface area contributed by atoms with Crippen LogP contribution in [0, 0.1) is 0 Å². The highest BCUT2D eigenvalue weighted by Crippen LogP contribution is 2.26. The average molecular weight is 747 g/mol. The van der Waals surface area contributed by atoms with Crippen LogP contribution in [0.5, 0.6) is 5.75 Å². The second-order valence-corrected chi connectivity index (χ2v) is 13.0. The third-order valence-electron chi connectivity index (χ3n) is 5.55. The molecule has 258 valence electrons. The van der Waals surface area contributed by atoms with E-state index in [4.69, 9.17) is 34.6 Å². The largest absolute Gasteiger partial charge is 0.507 e. The first kappa shape index (κ1) is 41.3. The molecule has 0 aromatic heterocycles. The van der Waals surface area contributed by atoms with Crippen molar-refractivity contribution < 1.29 is 75.8 Å². The first-order valence-electron chi connectivity index (χ1n) is 12.4. The van der Waals surface area contributed by atoms with Gasteiger partial charge < -0.3 is 30.6 Å². The van der Waals surface area contributed by atoms with E-state index in [2.05, 4.69) is 25.3 Å². The van der Waals surface area contributed by atoms with E-state index >= 15 is 0 Å². The van der Waals surface area contributed by atoms with E-state index < -0.39 is 65.3 Å². The van der Waals surface area contributed by atoms with Crippen LogP contribution in [-0.2, 0) is 25.0 Å². The zero-order chi connectivity index (χ0) is 37.0. The monoisotopic (exact) mass is 746 g/mol. The minimum atomic E-state index is -4.73. The van der Waals surface area contributed by atoms with Gasteiger partial charge in [0.15, 0.2) is 0 Å². The van der Waals surface area contributed by atoms with Crippen molar-refractivity contribution in [1.29, 1.82) is 0 Å². The molecule has 1 atom stereocenters. The highest BCUT2D eigenvalue weighted by atomic mass is 32.2. The Bertz CT molecular complexity index is 1910. The van der Waals surface area contributed by atoms with Crippen molar-refractivity contribution in [3.63, 3.8) is 0 Å². The van der Waals surface area contributed by atoms with Gasteiger partial charge in [-0.3, -0.25) is 9.11 Å². The van der Waals surface area contributed by atoms with Gasteiger partial charge in [0, 0.05) is 16.2 Å². The lowest BCUT2D eigenvalue weighted by atomic mass is 10.0. The fourth-order valence-corrected chi connectivity index (χ4v) is 4.78. The van der Waals surface area contributed by atoms with Gasteiger partial charge in [0.2, 0.25) is 4.93 Å². The van der Waals surface area contributed by atoms with Crippen molar-refractivity contribution >= 4 is 69.4 Å². The Balaban J connectivity index is 0.000000324. The Morgan fingerprint density at radius 3 is 1.44 bits per heavy atom. The van der Waals surface area contributed by atoms with Gasteiger partial charge in [0.05, 0.1) is 21.6 Å². The van der Waals surface area contributed by atoms with Crippen LogP contribution in [0.2, 0.25) is 0 Å². The predicted molar refractivity (Wildman–Crippen MR) is 172 cm³/mol. The fraction of sp³-hybridized carbons (Fsp3) is 0.0714. The standard InChI is InChI=1S/C7H6O6S.C7H8O6S.2C7H6O2S/c8-6-2-1-4(14(11,12)13)3-5(6)7(9)10;8-6(9)5-2-1-3-7(10,4-5)14(11,12)13;2*8-7(9)5-3-1-2-4-6(5)10/h1-3,8H,(H,9,10)(H,11,12,13);1-2,4,10H,3H2,(H,8,9)(H,11,12,13);2*1-4,10H,(H,8,9). The molecule has 1 aliphatic rings. The summed E-state index contributed by atoms with van der Waals surface area (Å²) in [5, 5.41) is 52.5. The molecule has 3 aromatic rings. The topological polar surface area (TPSA) is 298 Å². The van der Waals surface area contributed by atoms with E-state index in [9.17, 15) is 41.1 Å². The van der Waals surface area contributed by atoms with E-state index in [0.717, 1.165) is 24.3 Å². The van der Waals surface area contributed by atoms with Gasteiger partial charge in [-0.25, -0.2) is 19.2 Å². The van der Waals surface area contributed by atoms with Gasteiger partial charge in [-0.05, 0) is 48.5 Å². The second-order valence-electron chi connectivity index (χ2n) is 8.93. The summed E-state index contributed by atoms with van der Waals surface area (Å²) in [4.78, 5) is 39.6. The van der Waals surface area contributed by atoms with Gasteiger partial charge >= 0.3 is 23.9 Å². The van der Waals surface area contributed by atoms with Crippen LogP contribution >= 0.6 is 25.3 Å². The molecule has 0 fully saturated rings. The summed E-state index contributed by atoms with van der Waals surface area (Å²) < 4.78 is 59.9. The van der Waals surface area contributed by atoms with Gasteiger partial charge in [0.1, 0.15) is 11.3 Å². The quantitative estimate of drug-likeness (QED) is 0.128. The average Bonchev–Trinajstić information content (AvgIpc) is 2.97. The summed E-state index contributed by atoms with van der Waals surface area (Å²) in [5.41, 5.74) is -0.479. The molecular weight excluding hydrogens is 721 g/mol. The second kappa shape index (κ2) is 17.5. The van der Waals surface area contributed by atoms with Crippen LogP contribution in [-0.4, -0.2) is 85.4 Å². The van der Waals surface area contributed by atoms with Crippen molar-refractivity contribution in [2.45, 2.75) is 26.0 Å². The summed E-state index contributed by atoms with van der Waals surface area (Å²) in [5.74, 6) is -5.29. The SMILES string of the molecule is O=C(O)C1=CC(O)(S(=O)(=O)O)CC=C1.O=C(O)c1cc(S(=O)(=O)O)ccc1O.O=C(O)c1ccccc1S.O=C(O)c1ccccc1S. The molecule has 0 aliphatic heterocycles. The first-order valence-corrected chi connectivity index (χ1v) is 16.2. The van der Waals surface area contributed by atoms with Crippen LogP contribution in [0.3, 0.4) is 0 Å². The Morgan fingerprint density at radius 2 is 1.10 bits per heavy atom. The van der Waals surface area contributed by atoms with Crippen LogP contribution in [0.1, 0.15) is 37.5 Å². The van der Waals surface area contributed by atoms with E-state index in [1.165, 1.54) is 12.1 Å². The van der Waals surface area contributed by atoms with E-state index in [1.807, 2.05) is 0 Å². The van der Waals surface area contributed by atoms with Crippen molar-refractivity contribution in [1.82, 2.24) is 0 Å². The summed E-state index contributed by atoms with van der Waals surface area (Å²) in [6.07, 6.45) is 2.55. The van der Waals surface area contributed by atoms with E-state index in [1.54, 1.807) is 36.4 Å². The maximum absolute atomic E-state index is 10.7. The first-order chi connectivity index (χ1) is 22.0. The number of aliphatic carboxylic acids is 1. The van der Waals surface area contributed by atoms with Crippen molar-refractivity contribution in [2.75, 3.05) is 0 Å². The molecule has 20 heteroatoms. The lowest BCUT2D eigenvalue weighted by Crippen LogP contribution is -2.37. The maximum atomic E-state index is 10.7. The molecule has 0 bridgehead atoms. The molecule has 0 amide bonds. The summed E-state index contributed by atoms with van der Waals surface area (Å²) in [7, 11) is -9.18. The lowest BCUT2D eigenvalue weighted by Gasteiger charge is -2.22. The maximum Gasteiger partial charge on any atom is 0.339 e. The van der Waals surface area contributed by atoms with Crippen molar-refractivity contribution in [2.24, 2.45) is 0 Å². The number of benzene rings is 3. The molecule has 1 unspecified atom stereocenters. The number of aromatic hydroxyl groups is 1. The number of phenols is 1. The fourth-order valence-electron chi connectivity index (χ4n) is 3.17. The van der Waals surface area contributed by atoms with Gasteiger partial charge in [0.25, 0.3) is 20.2 Å². The summed E-state index contributed by atoms with van der Waals surface area (Å²) >= 11 is 7.91. The molecule has 0 heterocycles. The van der Waals surface area contributed by atoms with Crippen molar-refractivity contribution in [3.8, 4) is 5.75 Å². The number of rotatable bonds is 6. The third kappa shape index (κ3) is 12.5. The number of carboxylic acids is 4. The minimum absolute atomic E-state index is 0.242. The van der Waals surface area contributed by atoms with Crippen LogP contribution < -0.4 is 0 Å². The molecule has 48 heavy (non-hydrogen) atoms. The number of carboxylic acid groups (broad SMARTS) is 4. The van der Waals surface area contributed by atoms with Crippen LogP contribution in [0.25, 0.3) is 0 Å². The molecule has 0 saturated carbocycles. The number of aliphatic hydroxyl groups is 1.